The molecule has 0 aliphatic carbocycles. The second kappa shape index (κ2) is 8.19. The van der Waals surface area contributed by atoms with Crippen molar-refractivity contribution in [3.8, 4) is 0 Å². The molecule has 0 bridgehead atoms. The van der Waals surface area contributed by atoms with Crippen LogP contribution < -0.4 is 0 Å². The summed E-state index contributed by atoms with van der Waals surface area (Å²) in [5.41, 5.74) is 0. The molecule has 1 amide bonds. The van der Waals surface area contributed by atoms with Crippen molar-refractivity contribution in [2.75, 3.05) is 32.9 Å². The number of aliphatic hydroxyl groups excluding tert-OH is 1. The third-order valence-electron chi connectivity index (χ3n) is 1.78. The molecule has 0 aliphatic rings. The molecule has 0 fully saturated rings. The molecular formula is C9H17NO5. The van der Waals surface area contributed by atoms with Gasteiger partial charge in [-0.1, -0.05) is 0 Å². The summed E-state index contributed by atoms with van der Waals surface area (Å²) in [6.07, 6.45) is -0.0699. The second-order valence-corrected chi connectivity index (χ2v) is 2.99. The Balaban J connectivity index is 3.73. The lowest BCUT2D eigenvalue weighted by Gasteiger charge is -2.19. The molecule has 6 heteroatoms. The number of rotatable bonds is 8. The van der Waals surface area contributed by atoms with Gasteiger partial charge < -0.3 is 19.8 Å². The first-order valence-corrected chi connectivity index (χ1v) is 4.74. The summed E-state index contributed by atoms with van der Waals surface area (Å²) >= 11 is 0. The maximum Gasteiger partial charge on any atom is 0.305 e. The van der Waals surface area contributed by atoms with Crippen molar-refractivity contribution in [1.82, 2.24) is 4.90 Å². The summed E-state index contributed by atoms with van der Waals surface area (Å²) in [4.78, 5) is 22.8. The Morgan fingerprint density at radius 1 is 1.27 bits per heavy atom. The van der Waals surface area contributed by atoms with Crippen LogP contribution >= 0.6 is 0 Å². The van der Waals surface area contributed by atoms with Crippen LogP contribution in [0.2, 0.25) is 0 Å². The van der Waals surface area contributed by atoms with Crippen LogP contribution in [0.5, 0.6) is 0 Å². The molecule has 6 nitrogen and oxygen atoms in total. The fraction of sp³-hybridized carbons (Fsp3) is 0.778. The summed E-state index contributed by atoms with van der Waals surface area (Å²) in [6.45, 7) is 2.39. The minimum atomic E-state index is -0.933. The molecule has 0 aliphatic heterocycles. The summed E-state index contributed by atoms with van der Waals surface area (Å²) in [5, 5.41) is 16.9. The van der Waals surface area contributed by atoms with Crippen molar-refractivity contribution in [2.45, 2.75) is 13.3 Å². The van der Waals surface area contributed by atoms with Gasteiger partial charge in [0.15, 0.2) is 0 Å². The van der Waals surface area contributed by atoms with Gasteiger partial charge in [-0.15, -0.1) is 0 Å². The molecule has 88 valence electrons. The van der Waals surface area contributed by atoms with E-state index in [9.17, 15) is 9.59 Å². The van der Waals surface area contributed by atoms with Gasteiger partial charge in [0.1, 0.15) is 0 Å². The molecule has 0 saturated heterocycles. The number of carboxylic acids is 1. The highest BCUT2D eigenvalue weighted by atomic mass is 16.5. The lowest BCUT2D eigenvalue weighted by molar-refractivity contribution is -0.138. The van der Waals surface area contributed by atoms with Gasteiger partial charge in [0.05, 0.1) is 26.2 Å². The number of aliphatic carboxylic acids is 1. The van der Waals surface area contributed by atoms with Crippen molar-refractivity contribution in [3.63, 3.8) is 0 Å². The molecule has 0 aromatic heterocycles. The molecule has 15 heavy (non-hydrogen) atoms. The summed E-state index contributed by atoms with van der Waals surface area (Å²) in [5.74, 6) is -1.11. The normalized spacial score (nSPS) is 10.0. The van der Waals surface area contributed by atoms with Gasteiger partial charge in [-0.05, 0) is 0 Å². The fourth-order valence-electron chi connectivity index (χ4n) is 0.999. The van der Waals surface area contributed by atoms with Crippen LogP contribution in [-0.2, 0) is 14.3 Å². The van der Waals surface area contributed by atoms with E-state index in [1.807, 2.05) is 0 Å². The lowest BCUT2D eigenvalue weighted by atomic mass is 10.3. The Morgan fingerprint density at radius 2 is 1.93 bits per heavy atom. The second-order valence-electron chi connectivity index (χ2n) is 2.99. The molecule has 0 heterocycles. The Labute approximate surface area is 88.4 Å². The zero-order chi connectivity index (χ0) is 11.7. The van der Waals surface area contributed by atoms with Gasteiger partial charge in [-0.25, -0.2) is 0 Å². The molecule has 0 aromatic rings. The zero-order valence-corrected chi connectivity index (χ0v) is 8.81. The van der Waals surface area contributed by atoms with E-state index >= 15 is 0 Å². The number of carbonyl (C=O) groups excluding carboxylic acids is 1. The highest BCUT2D eigenvalue weighted by Crippen LogP contribution is 1.93. The van der Waals surface area contributed by atoms with E-state index in [4.69, 9.17) is 14.9 Å². The molecule has 0 spiro atoms. The van der Waals surface area contributed by atoms with Crippen molar-refractivity contribution >= 4 is 11.9 Å². The molecule has 0 aromatic carbocycles. The van der Waals surface area contributed by atoms with Crippen LogP contribution in [0.25, 0.3) is 0 Å². The Kier molecular flexibility index (Phi) is 7.57. The Hall–Kier alpha value is -1.14. The van der Waals surface area contributed by atoms with E-state index in [-0.39, 0.29) is 32.1 Å². The molecule has 0 saturated carbocycles. The van der Waals surface area contributed by atoms with E-state index in [1.54, 1.807) is 0 Å². The zero-order valence-electron chi connectivity index (χ0n) is 8.81. The van der Waals surface area contributed by atoms with Crippen LogP contribution in [0, 0.1) is 0 Å². The number of hydrogen-bond acceptors (Lipinski definition) is 4. The van der Waals surface area contributed by atoms with Crippen LogP contribution in [0.3, 0.4) is 0 Å². The third-order valence-corrected chi connectivity index (χ3v) is 1.78. The van der Waals surface area contributed by atoms with Crippen LogP contribution in [-0.4, -0.2) is 59.9 Å². The smallest absolute Gasteiger partial charge is 0.305 e. The van der Waals surface area contributed by atoms with E-state index in [0.29, 0.717) is 13.2 Å². The van der Waals surface area contributed by atoms with Crippen molar-refractivity contribution < 1.29 is 24.5 Å². The average Bonchev–Trinajstić information content (AvgIpc) is 2.15. The van der Waals surface area contributed by atoms with Crippen LogP contribution in [0.1, 0.15) is 13.3 Å². The SMILES string of the molecule is CC(=O)N(CCOCCO)CCC(=O)O. The molecule has 0 atom stereocenters. The highest BCUT2D eigenvalue weighted by molar-refractivity contribution is 5.74. The Morgan fingerprint density at radius 3 is 2.40 bits per heavy atom. The lowest BCUT2D eigenvalue weighted by Crippen LogP contribution is -2.34. The number of hydrogen-bond donors (Lipinski definition) is 2. The number of amides is 1. The minimum absolute atomic E-state index is 0.0603. The first kappa shape index (κ1) is 13.9. The summed E-state index contributed by atoms with van der Waals surface area (Å²) in [7, 11) is 0. The van der Waals surface area contributed by atoms with Crippen LogP contribution in [0.4, 0.5) is 0 Å². The maximum atomic E-state index is 11.0. The highest BCUT2D eigenvalue weighted by Gasteiger charge is 2.09. The number of ether oxygens (including phenoxy) is 1. The minimum Gasteiger partial charge on any atom is -0.481 e. The molecule has 0 unspecified atom stereocenters. The van der Waals surface area contributed by atoms with E-state index in [1.165, 1.54) is 11.8 Å². The number of carboxylic acid groups (broad SMARTS) is 1. The summed E-state index contributed by atoms with van der Waals surface area (Å²) in [6, 6.07) is 0. The quantitative estimate of drug-likeness (QED) is 0.528. The topological polar surface area (TPSA) is 87.1 Å². The Bertz CT molecular complexity index is 207. The van der Waals surface area contributed by atoms with Crippen molar-refractivity contribution in [1.29, 1.82) is 0 Å². The monoisotopic (exact) mass is 219 g/mol. The van der Waals surface area contributed by atoms with Crippen molar-refractivity contribution in [2.24, 2.45) is 0 Å². The molecule has 0 rings (SSSR count). The number of aliphatic hydroxyl groups is 1. The van der Waals surface area contributed by atoms with Gasteiger partial charge in [-0.3, -0.25) is 9.59 Å². The first-order chi connectivity index (χ1) is 7.07. The molecular weight excluding hydrogens is 202 g/mol. The fourth-order valence-corrected chi connectivity index (χ4v) is 0.999. The van der Waals surface area contributed by atoms with E-state index in [2.05, 4.69) is 0 Å². The van der Waals surface area contributed by atoms with Gasteiger partial charge >= 0.3 is 5.97 Å². The van der Waals surface area contributed by atoms with Gasteiger partial charge in [0.25, 0.3) is 0 Å². The molecule has 2 N–H and O–H groups in total. The van der Waals surface area contributed by atoms with Crippen molar-refractivity contribution in [3.05, 3.63) is 0 Å². The predicted molar refractivity (Wildman–Crippen MR) is 52.4 cm³/mol. The van der Waals surface area contributed by atoms with Gasteiger partial charge in [-0.2, -0.15) is 0 Å². The van der Waals surface area contributed by atoms with Gasteiger partial charge in [0.2, 0.25) is 5.91 Å². The number of nitrogens with zero attached hydrogens (tertiary/aromatic N) is 1. The first-order valence-electron chi connectivity index (χ1n) is 4.74. The maximum absolute atomic E-state index is 11.0. The third kappa shape index (κ3) is 7.90. The largest absolute Gasteiger partial charge is 0.481 e. The standard InChI is InChI=1S/C9H17NO5/c1-8(12)10(3-2-9(13)14)4-6-15-7-5-11/h11H,2-7H2,1H3,(H,13,14). The predicted octanol–water partition coefficient (Wildman–Crippen LogP) is -0.681. The number of carbonyl (C=O) groups is 2. The molecule has 0 radical (unpaired) electrons. The van der Waals surface area contributed by atoms with Crippen LogP contribution in [0.15, 0.2) is 0 Å². The van der Waals surface area contributed by atoms with E-state index < -0.39 is 5.97 Å². The summed E-state index contributed by atoms with van der Waals surface area (Å²) < 4.78 is 4.98. The average molecular weight is 219 g/mol. The van der Waals surface area contributed by atoms with E-state index in [0.717, 1.165) is 0 Å². The van der Waals surface area contributed by atoms with Gasteiger partial charge in [0, 0.05) is 20.0 Å².